The molecule has 2 heterocycles. The summed E-state index contributed by atoms with van der Waals surface area (Å²) in [6.07, 6.45) is 3.03. The van der Waals surface area contributed by atoms with Gasteiger partial charge in [-0.25, -0.2) is 18.1 Å². The summed E-state index contributed by atoms with van der Waals surface area (Å²) in [5.41, 5.74) is 1.46. The van der Waals surface area contributed by atoms with E-state index in [0.29, 0.717) is 17.3 Å². The molecule has 1 aromatic carbocycles. The number of aryl methyl sites for hydroxylation is 1. The Kier molecular flexibility index (Phi) is 3.82. The maximum absolute atomic E-state index is 12.2. The van der Waals surface area contributed by atoms with Gasteiger partial charge in [0.2, 0.25) is 10.0 Å². The second kappa shape index (κ2) is 5.78. The zero-order valence-electron chi connectivity index (χ0n) is 11.8. The topological polar surface area (TPSA) is 85.3 Å². The van der Waals surface area contributed by atoms with E-state index >= 15 is 0 Å². The molecule has 0 aliphatic rings. The maximum Gasteiger partial charge on any atom is 0.240 e. The molecular weight excluding hydrogens is 304 g/mol. The Morgan fingerprint density at radius 1 is 1.14 bits per heavy atom. The second-order valence-corrected chi connectivity index (χ2v) is 6.45. The highest BCUT2D eigenvalue weighted by atomic mass is 32.2. The normalized spacial score (nSPS) is 11.7. The first kappa shape index (κ1) is 14.6. The van der Waals surface area contributed by atoms with Crippen molar-refractivity contribution in [3.8, 4) is 11.3 Å². The number of nitrogens with zero attached hydrogens (tertiary/aromatic N) is 1. The lowest BCUT2D eigenvalue weighted by Crippen LogP contribution is -2.22. The van der Waals surface area contributed by atoms with Crippen LogP contribution in [-0.4, -0.2) is 13.4 Å². The predicted octanol–water partition coefficient (Wildman–Crippen LogP) is 2.72. The van der Waals surface area contributed by atoms with Gasteiger partial charge >= 0.3 is 0 Å². The minimum atomic E-state index is -3.58. The van der Waals surface area contributed by atoms with Crippen LogP contribution in [0.5, 0.6) is 0 Å². The Morgan fingerprint density at radius 3 is 2.50 bits per heavy atom. The number of sulfonamides is 1. The van der Waals surface area contributed by atoms with Crippen molar-refractivity contribution in [2.24, 2.45) is 0 Å². The average Bonchev–Trinajstić information content (AvgIpc) is 3.17. The molecule has 3 rings (SSSR count). The van der Waals surface area contributed by atoms with Crippen molar-refractivity contribution in [1.82, 2.24) is 9.71 Å². The van der Waals surface area contributed by atoms with E-state index in [2.05, 4.69) is 9.71 Å². The second-order valence-electron chi connectivity index (χ2n) is 4.68. The van der Waals surface area contributed by atoms with Crippen molar-refractivity contribution >= 4 is 10.0 Å². The summed E-state index contributed by atoms with van der Waals surface area (Å²) in [6.45, 7) is 1.86. The third-order valence-corrected chi connectivity index (χ3v) is 4.51. The van der Waals surface area contributed by atoms with Crippen LogP contribution >= 0.6 is 0 Å². The molecule has 3 aromatic rings. The molecule has 0 bridgehead atoms. The van der Waals surface area contributed by atoms with Gasteiger partial charge in [-0.15, -0.1) is 0 Å². The van der Waals surface area contributed by atoms with Gasteiger partial charge in [0.25, 0.3) is 0 Å². The molecule has 0 aliphatic heterocycles. The Bertz CT molecular complexity index is 849. The fourth-order valence-electron chi connectivity index (χ4n) is 1.96. The summed E-state index contributed by atoms with van der Waals surface area (Å²) in [5.74, 6) is 1.12. The number of hydrogen-bond acceptors (Lipinski definition) is 5. The van der Waals surface area contributed by atoms with Gasteiger partial charge in [0.05, 0.1) is 17.7 Å². The Hall–Kier alpha value is -2.38. The van der Waals surface area contributed by atoms with Gasteiger partial charge < -0.3 is 8.83 Å². The molecule has 0 amide bonds. The van der Waals surface area contributed by atoms with Crippen molar-refractivity contribution in [1.29, 1.82) is 0 Å². The number of furan rings is 1. The molecule has 6 nitrogen and oxygen atoms in total. The first-order valence-corrected chi connectivity index (χ1v) is 8.07. The molecular formula is C15H14N2O4S. The lowest BCUT2D eigenvalue weighted by atomic mass is 10.2. The molecule has 0 unspecified atom stereocenters. The number of rotatable bonds is 5. The van der Waals surface area contributed by atoms with Gasteiger partial charge in [0.1, 0.15) is 17.7 Å². The highest BCUT2D eigenvalue weighted by molar-refractivity contribution is 7.89. The minimum absolute atomic E-state index is 0.111. The molecule has 0 fully saturated rings. The Balaban J connectivity index is 1.76. The van der Waals surface area contributed by atoms with Gasteiger partial charge in [-0.2, -0.15) is 0 Å². The van der Waals surface area contributed by atoms with Crippen molar-refractivity contribution in [2.75, 3.05) is 0 Å². The fraction of sp³-hybridized carbons (Fsp3) is 0.133. The number of hydrogen-bond donors (Lipinski definition) is 1. The molecule has 7 heteroatoms. The fourth-order valence-corrected chi connectivity index (χ4v) is 2.96. The predicted molar refractivity (Wildman–Crippen MR) is 79.4 cm³/mol. The van der Waals surface area contributed by atoms with Crippen LogP contribution in [0.4, 0.5) is 0 Å². The third kappa shape index (κ3) is 3.10. The summed E-state index contributed by atoms with van der Waals surface area (Å²) in [4.78, 5) is 4.38. The molecule has 22 heavy (non-hydrogen) atoms. The lowest BCUT2D eigenvalue weighted by molar-refractivity contribution is 0.498. The van der Waals surface area contributed by atoms with E-state index in [1.54, 1.807) is 31.2 Å². The van der Waals surface area contributed by atoms with E-state index in [1.807, 2.05) is 0 Å². The van der Waals surface area contributed by atoms with E-state index in [9.17, 15) is 8.42 Å². The highest BCUT2D eigenvalue weighted by Gasteiger charge is 2.14. The standard InChI is InChI=1S/C15H14N2O4S/c1-11-17-15(10-21-11)12-4-6-14(7-5-12)22(18,19)16-9-13-3-2-8-20-13/h2-8,10,16H,9H2,1H3. The van der Waals surface area contributed by atoms with Crippen LogP contribution in [-0.2, 0) is 16.6 Å². The van der Waals surface area contributed by atoms with Gasteiger partial charge in [-0.3, -0.25) is 0 Å². The van der Waals surface area contributed by atoms with E-state index in [4.69, 9.17) is 8.83 Å². The van der Waals surface area contributed by atoms with Crippen LogP contribution in [0.2, 0.25) is 0 Å². The summed E-state index contributed by atoms with van der Waals surface area (Å²) in [5, 5.41) is 0. The number of nitrogens with one attached hydrogen (secondary N) is 1. The molecule has 0 saturated carbocycles. The van der Waals surface area contributed by atoms with Crippen LogP contribution in [0.3, 0.4) is 0 Å². The highest BCUT2D eigenvalue weighted by Crippen LogP contribution is 2.20. The molecule has 0 aliphatic carbocycles. The van der Waals surface area contributed by atoms with Gasteiger partial charge in [-0.05, 0) is 24.3 Å². The SMILES string of the molecule is Cc1nc(-c2ccc(S(=O)(=O)NCc3ccco3)cc2)co1. The molecule has 0 saturated heterocycles. The lowest BCUT2D eigenvalue weighted by Gasteiger charge is -2.06. The van der Waals surface area contributed by atoms with Crippen molar-refractivity contribution in [3.05, 3.63) is 60.6 Å². The van der Waals surface area contributed by atoms with Crippen LogP contribution in [0.1, 0.15) is 11.7 Å². The van der Waals surface area contributed by atoms with Crippen LogP contribution < -0.4 is 4.72 Å². The summed E-state index contributed by atoms with van der Waals surface area (Å²) < 4.78 is 37.1. The molecule has 114 valence electrons. The average molecular weight is 318 g/mol. The first-order chi connectivity index (χ1) is 10.5. The quantitative estimate of drug-likeness (QED) is 0.782. The number of aromatic nitrogens is 1. The zero-order chi connectivity index (χ0) is 15.6. The third-order valence-electron chi connectivity index (χ3n) is 3.10. The van der Waals surface area contributed by atoms with Crippen LogP contribution in [0, 0.1) is 6.92 Å². The molecule has 1 N–H and O–H groups in total. The zero-order valence-corrected chi connectivity index (χ0v) is 12.6. The summed E-state index contributed by atoms with van der Waals surface area (Å²) >= 11 is 0. The van der Waals surface area contributed by atoms with Gasteiger partial charge in [0.15, 0.2) is 5.89 Å². The smallest absolute Gasteiger partial charge is 0.240 e. The molecule has 0 spiro atoms. The largest absolute Gasteiger partial charge is 0.468 e. The van der Waals surface area contributed by atoms with E-state index in [0.717, 1.165) is 5.56 Å². The van der Waals surface area contributed by atoms with Crippen molar-refractivity contribution in [3.63, 3.8) is 0 Å². The van der Waals surface area contributed by atoms with Crippen molar-refractivity contribution < 1.29 is 17.3 Å². The van der Waals surface area contributed by atoms with E-state index < -0.39 is 10.0 Å². The number of oxazole rings is 1. The molecule has 2 aromatic heterocycles. The first-order valence-electron chi connectivity index (χ1n) is 6.59. The van der Waals surface area contributed by atoms with E-state index in [1.165, 1.54) is 24.7 Å². The summed E-state index contributed by atoms with van der Waals surface area (Å²) in [6, 6.07) is 9.86. The molecule has 0 radical (unpaired) electrons. The number of benzene rings is 1. The maximum atomic E-state index is 12.2. The van der Waals surface area contributed by atoms with Crippen LogP contribution in [0.25, 0.3) is 11.3 Å². The Labute approximate surface area is 127 Å². The summed E-state index contributed by atoms with van der Waals surface area (Å²) in [7, 11) is -3.58. The van der Waals surface area contributed by atoms with E-state index in [-0.39, 0.29) is 11.4 Å². The monoisotopic (exact) mass is 318 g/mol. The van der Waals surface area contributed by atoms with Crippen LogP contribution in [0.15, 0.2) is 62.7 Å². The Morgan fingerprint density at radius 2 is 1.91 bits per heavy atom. The van der Waals surface area contributed by atoms with Gasteiger partial charge in [-0.1, -0.05) is 12.1 Å². The van der Waals surface area contributed by atoms with Crippen molar-refractivity contribution in [2.45, 2.75) is 18.4 Å². The minimum Gasteiger partial charge on any atom is -0.468 e. The molecule has 0 atom stereocenters. The van der Waals surface area contributed by atoms with Gasteiger partial charge in [0, 0.05) is 12.5 Å².